The van der Waals surface area contributed by atoms with E-state index in [1.165, 1.54) is 0 Å². The number of benzene rings is 1. The molecular weight excluding hydrogens is 256 g/mol. The summed E-state index contributed by atoms with van der Waals surface area (Å²) in [7, 11) is 0. The second-order valence-electron chi connectivity index (χ2n) is 4.88. The van der Waals surface area contributed by atoms with Crippen molar-refractivity contribution in [3.05, 3.63) is 56.8 Å². The SMILES string of the molecule is [N-]=[N+]=NC1CCCC1(COCc1ccccc1)N=[N+]=[N-]. The summed E-state index contributed by atoms with van der Waals surface area (Å²) in [5, 5.41) is 7.63. The lowest BCUT2D eigenvalue weighted by molar-refractivity contribution is 0.0697. The van der Waals surface area contributed by atoms with E-state index in [9.17, 15) is 0 Å². The predicted octanol–water partition coefficient (Wildman–Crippen LogP) is 4.12. The molecule has 0 spiro atoms. The fourth-order valence-corrected chi connectivity index (χ4v) is 2.59. The zero-order valence-electron chi connectivity index (χ0n) is 11.1. The van der Waals surface area contributed by atoms with Crippen LogP contribution in [-0.4, -0.2) is 18.2 Å². The van der Waals surface area contributed by atoms with Gasteiger partial charge in [0, 0.05) is 9.82 Å². The lowest BCUT2D eigenvalue weighted by Crippen LogP contribution is -2.38. The minimum absolute atomic E-state index is 0.273. The Morgan fingerprint density at radius 3 is 2.75 bits per heavy atom. The Labute approximate surface area is 116 Å². The van der Waals surface area contributed by atoms with Crippen LogP contribution < -0.4 is 0 Å². The smallest absolute Gasteiger partial charge is 0.0805 e. The van der Waals surface area contributed by atoms with Crippen molar-refractivity contribution in [2.75, 3.05) is 6.61 Å². The quantitative estimate of drug-likeness (QED) is 0.433. The Morgan fingerprint density at radius 2 is 2.05 bits per heavy atom. The Balaban J connectivity index is 2.02. The standard InChI is InChI=1S/C13H16N6O/c14-18-16-12-7-4-8-13(12,17-19-15)10-20-9-11-5-2-1-3-6-11/h1-3,5-6,12H,4,7-10H2. The third-order valence-electron chi connectivity index (χ3n) is 3.61. The molecule has 7 nitrogen and oxygen atoms in total. The van der Waals surface area contributed by atoms with Crippen LogP contribution in [0, 0.1) is 0 Å². The van der Waals surface area contributed by atoms with Crippen LogP contribution in [0.4, 0.5) is 0 Å². The molecule has 0 heterocycles. The molecule has 0 bridgehead atoms. The van der Waals surface area contributed by atoms with E-state index in [-0.39, 0.29) is 12.6 Å². The van der Waals surface area contributed by atoms with Gasteiger partial charge in [-0.05, 0) is 29.5 Å². The minimum Gasteiger partial charge on any atom is -0.376 e. The summed E-state index contributed by atoms with van der Waals surface area (Å²) in [4.78, 5) is 5.76. The first kappa shape index (κ1) is 14.2. The van der Waals surface area contributed by atoms with Crippen LogP contribution in [0.2, 0.25) is 0 Å². The fraction of sp³-hybridized carbons (Fsp3) is 0.538. The van der Waals surface area contributed by atoms with Crippen LogP contribution in [0.25, 0.3) is 20.9 Å². The highest BCUT2D eigenvalue weighted by molar-refractivity contribution is 5.13. The van der Waals surface area contributed by atoms with Gasteiger partial charge in [-0.2, -0.15) is 0 Å². The summed E-state index contributed by atoms with van der Waals surface area (Å²) in [5.74, 6) is 0. The van der Waals surface area contributed by atoms with Gasteiger partial charge >= 0.3 is 0 Å². The lowest BCUT2D eigenvalue weighted by atomic mass is 9.96. The average molecular weight is 272 g/mol. The van der Waals surface area contributed by atoms with E-state index in [0.717, 1.165) is 18.4 Å². The average Bonchev–Trinajstić information content (AvgIpc) is 2.84. The van der Waals surface area contributed by atoms with Gasteiger partial charge in [0.2, 0.25) is 0 Å². The van der Waals surface area contributed by atoms with Crippen molar-refractivity contribution in [2.45, 2.75) is 37.5 Å². The Hall–Kier alpha value is -2.20. The number of hydrogen-bond acceptors (Lipinski definition) is 3. The van der Waals surface area contributed by atoms with E-state index in [1.54, 1.807) is 0 Å². The van der Waals surface area contributed by atoms with E-state index in [1.807, 2.05) is 30.3 Å². The second kappa shape index (κ2) is 6.82. The minimum atomic E-state index is -0.740. The molecule has 0 aromatic heterocycles. The van der Waals surface area contributed by atoms with Crippen molar-refractivity contribution in [1.82, 2.24) is 0 Å². The molecule has 20 heavy (non-hydrogen) atoms. The van der Waals surface area contributed by atoms with E-state index < -0.39 is 5.54 Å². The van der Waals surface area contributed by atoms with E-state index in [2.05, 4.69) is 20.1 Å². The highest BCUT2D eigenvalue weighted by atomic mass is 16.5. The molecule has 1 saturated carbocycles. The van der Waals surface area contributed by atoms with Crippen LogP contribution in [0.1, 0.15) is 24.8 Å². The Kier molecular flexibility index (Phi) is 4.85. The maximum Gasteiger partial charge on any atom is 0.0805 e. The number of hydrogen-bond donors (Lipinski definition) is 0. The molecular formula is C13H16N6O. The molecule has 7 heteroatoms. The molecule has 0 aliphatic heterocycles. The third kappa shape index (κ3) is 3.22. The monoisotopic (exact) mass is 272 g/mol. The van der Waals surface area contributed by atoms with Crippen molar-refractivity contribution in [3.8, 4) is 0 Å². The van der Waals surface area contributed by atoms with E-state index >= 15 is 0 Å². The molecule has 1 aromatic carbocycles. The van der Waals surface area contributed by atoms with Crippen molar-refractivity contribution in [1.29, 1.82) is 0 Å². The molecule has 1 aliphatic rings. The van der Waals surface area contributed by atoms with Gasteiger partial charge in [-0.25, -0.2) is 0 Å². The first-order chi connectivity index (χ1) is 9.80. The molecule has 2 unspecified atom stereocenters. The number of azide groups is 2. The highest BCUT2D eigenvalue weighted by Gasteiger charge is 2.42. The third-order valence-corrected chi connectivity index (χ3v) is 3.61. The normalized spacial score (nSPS) is 24.7. The maximum atomic E-state index is 8.76. The van der Waals surface area contributed by atoms with Crippen molar-refractivity contribution >= 4 is 0 Å². The van der Waals surface area contributed by atoms with Crippen LogP contribution in [0.5, 0.6) is 0 Å². The molecule has 1 aromatic rings. The van der Waals surface area contributed by atoms with Gasteiger partial charge in [0.15, 0.2) is 0 Å². The van der Waals surface area contributed by atoms with Crippen LogP contribution in [0.15, 0.2) is 40.6 Å². The first-order valence-corrected chi connectivity index (χ1v) is 6.53. The van der Waals surface area contributed by atoms with Gasteiger partial charge in [-0.1, -0.05) is 47.0 Å². The fourth-order valence-electron chi connectivity index (χ4n) is 2.59. The molecule has 2 rings (SSSR count). The lowest BCUT2D eigenvalue weighted by Gasteiger charge is -2.27. The molecule has 0 saturated heterocycles. The maximum absolute atomic E-state index is 8.76. The van der Waals surface area contributed by atoms with Crippen molar-refractivity contribution in [2.24, 2.45) is 10.2 Å². The number of ether oxygens (including phenoxy) is 1. The zero-order chi connectivity index (χ0) is 14.3. The van der Waals surface area contributed by atoms with Gasteiger partial charge in [0.05, 0.1) is 24.8 Å². The first-order valence-electron chi connectivity index (χ1n) is 6.53. The Bertz CT molecular complexity index is 535. The Morgan fingerprint density at radius 1 is 1.25 bits per heavy atom. The summed E-state index contributed by atoms with van der Waals surface area (Å²) in [6.45, 7) is 0.724. The molecule has 0 N–H and O–H groups in total. The van der Waals surface area contributed by atoms with Crippen LogP contribution in [-0.2, 0) is 11.3 Å². The van der Waals surface area contributed by atoms with Crippen molar-refractivity contribution in [3.63, 3.8) is 0 Å². The summed E-state index contributed by atoms with van der Waals surface area (Å²) < 4.78 is 5.69. The van der Waals surface area contributed by atoms with Gasteiger partial charge in [-0.3, -0.25) is 0 Å². The number of nitrogens with zero attached hydrogens (tertiary/aromatic N) is 6. The number of rotatable bonds is 6. The van der Waals surface area contributed by atoms with Gasteiger partial charge in [-0.15, -0.1) is 0 Å². The second-order valence-corrected chi connectivity index (χ2v) is 4.88. The van der Waals surface area contributed by atoms with Crippen LogP contribution >= 0.6 is 0 Å². The van der Waals surface area contributed by atoms with Crippen molar-refractivity contribution < 1.29 is 4.74 Å². The predicted molar refractivity (Wildman–Crippen MR) is 74.8 cm³/mol. The van der Waals surface area contributed by atoms with Gasteiger partial charge in [0.25, 0.3) is 0 Å². The molecule has 2 atom stereocenters. The molecule has 0 amide bonds. The van der Waals surface area contributed by atoms with Gasteiger partial charge in [0.1, 0.15) is 0 Å². The summed E-state index contributed by atoms with van der Waals surface area (Å²) >= 11 is 0. The van der Waals surface area contributed by atoms with E-state index in [4.69, 9.17) is 15.8 Å². The van der Waals surface area contributed by atoms with Gasteiger partial charge < -0.3 is 4.74 Å². The molecule has 104 valence electrons. The van der Waals surface area contributed by atoms with Crippen LogP contribution in [0.3, 0.4) is 0 Å². The zero-order valence-corrected chi connectivity index (χ0v) is 11.1. The van der Waals surface area contributed by atoms with E-state index in [0.29, 0.717) is 13.0 Å². The molecule has 1 fully saturated rings. The molecule has 1 aliphatic carbocycles. The summed E-state index contributed by atoms with van der Waals surface area (Å²) in [6, 6.07) is 9.46. The summed E-state index contributed by atoms with van der Waals surface area (Å²) in [5.41, 5.74) is 17.7. The highest BCUT2D eigenvalue weighted by Crippen LogP contribution is 2.37. The topological polar surface area (TPSA) is 107 Å². The summed E-state index contributed by atoms with van der Waals surface area (Å²) in [6.07, 6.45) is 2.30. The largest absolute Gasteiger partial charge is 0.376 e. The molecule has 0 radical (unpaired) electrons.